The van der Waals surface area contributed by atoms with E-state index in [9.17, 15) is 24.1 Å². The number of esters is 1. The van der Waals surface area contributed by atoms with Crippen LogP contribution in [0.15, 0.2) is 48.5 Å². The first-order valence-electron chi connectivity index (χ1n) is 10.6. The number of carbonyl (C=O) groups excluding carboxylic acids is 2. The predicted molar refractivity (Wildman–Crippen MR) is 122 cm³/mol. The number of aromatic nitrogens is 2. The maximum Gasteiger partial charge on any atom is 0.341 e. The summed E-state index contributed by atoms with van der Waals surface area (Å²) in [4.78, 5) is 37.8. The lowest BCUT2D eigenvalue weighted by atomic mass is 10.1. The Morgan fingerprint density at radius 2 is 1.85 bits per heavy atom. The molecule has 0 spiro atoms. The summed E-state index contributed by atoms with van der Waals surface area (Å²) in [5, 5.41) is 18.1. The molecule has 4 rings (SSSR count). The predicted octanol–water partition coefficient (Wildman–Crippen LogP) is 3.62. The summed E-state index contributed by atoms with van der Waals surface area (Å²) in [6.45, 7) is 2.59. The number of benzene rings is 2. The number of nitro groups is 1. The van der Waals surface area contributed by atoms with E-state index in [1.807, 2.05) is 4.90 Å². The van der Waals surface area contributed by atoms with Gasteiger partial charge in [0.25, 0.3) is 11.6 Å². The fourth-order valence-electron chi connectivity index (χ4n) is 3.79. The van der Waals surface area contributed by atoms with Gasteiger partial charge in [0.1, 0.15) is 11.6 Å². The molecule has 1 N–H and O–H groups in total. The number of non-ortho nitro benzene ring substituents is 1. The van der Waals surface area contributed by atoms with E-state index in [2.05, 4.69) is 10.4 Å². The molecule has 1 saturated heterocycles. The molecule has 176 valence electrons. The lowest BCUT2D eigenvalue weighted by molar-refractivity contribution is -0.384. The molecule has 1 aliphatic heterocycles. The molecule has 2 heterocycles. The van der Waals surface area contributed by atoms with Crippen LogP contribution >= 0.6 is 0 Å². The number of amides is 1. The lowest BCUT2D eigenvalue weighted by Crippen LogP contribution is -2.24. The van der Waals surface area contributed by atoms with E-state index in [0.29, 0.717) is 22.9 Å². The van der Waals surface area contributed by atoms with Gasteiger partial charge in [-0.3, -0.25) is 14.9 Å². The summed E-state index contributed by atoms with van der Waals surface area (Å²) in [7, 11) is 0. The van der Waals surface area contributed by atoms with Crippen LogP contribution in [0.3, 0.4) is 0 Å². The number of hydrogen-bond acceptors (Lipinski definition) is 7. The standard InChI is InChI=1S/C23H22FN5O5/c1-15-12-21(28(26-15)17-6-4-16(24)5-7-17)25-22(30)14-34-23(31)19-13-18(29(32)33)8-9-20(19)27-10-2-3-11-27/h4-9,12-13H,2-3,10-11,14H2,1H3,(H,25,30). The molecule has 0 unspecified atom stereocenters. The molecule has 0 atom stereocenters. The van der Waals surface area contributed by atoms with Gasteiger partial charge in [0.2, 0.25) is 0 Å². The number of aryl methyl sites for hydroxylation is 1. The van der Waals surface area contributed by atoms with Crippen molar-refractivity contribution in [3.05, 3.63) is 75.7 Å². The van der Waals surface area contributed by atoms with Crippen molar-refractivity contribution >= 4 is 29.1 Å². The molecule has 1 amide bonds. The highest BCUT2D eigenvalue weighted by Crippen LogP contribution is 2.29. The fraction of sp³-hybridized carbons (Fsp3) is 0.261. The molecule has 0 bridgehead atoms. The highest BCUT2D eigenvalue weighted by molar-refractivity contribution is 5.99. The second-order valence-electron chi connectivity index (χ2n) is 7.84. The second-order valence-corrected chi connectivity index (χ2v) is 7.84. The smallest absolute Gasteiger partial charge is 0.341 e. The molecular weight excluding hydrogens is 445 g/mol. The molecule has 34 heavy (non-hydrogen) atoms. The zero-order chi connectivity index (χ0) is 24.2. The van der Waals surface area contributed by atoms with Crippen molar-refractivity contribution in [1.82, 2.24) is 9.78 Å². The number of nitrogens with one attached hydrogen (secondary N) is 1. The van der Waals surface area contributed by atoms with Crippen molar-refractivity contribution in [3.8, 4) is 5.69 Å². The maximum absolute atomic E-state index is 13.2. The summed E-state index contributed by atoms with van der Waals surface area (Å²) in [5.74, 6) is -1.54. The quantitative estimate of drug-likeness (QED) is 0.320. The Hall–Kier alpha value is -4.28. The number of rotatable bonds is 7. The van der Waals surface area contributed by atoms with Gasteiger partial charge >= 0.3 is 5.97 Å². The maximum atomic E-state index is 13.2. The Kier molecular flexibility index (Phi) is 6.53. The van der Waals surface area contributed by atoms with Crippen molar-refractivity contribution < 1.29 is 23.6 Å². The number of ether oxygens (including phenoxy) is 1. The number of nitro benzene ring substituents is 1. The number of hydrogen-bond donors (Lipinski definition) is 1. The van der Waals surface area contributed by atoms with Crippen LogP contribution in [0.5, 0.6) is 0 Å². The van der Waals surface area contributed by atoms with Crippen LogP contribution in [0.4, 0.5) is 21.6 Å². The number of halogens is 1. The molecular formula is C23H22FN5O5. The minimum Gasteiger partial charge on any atom is -0.452 e. The first-order chi connectivity index (χ1) is 16.3. The van der Waals surface area contributed by atoms with Crippen LogP contribution in [0.25, 0.3) is 5.69 Å². The van der Waals surface area contributed by atoms with Gasteiger partial charge in [-0.15, -0.1) is 0 Å². The molecule has 0 aliphatic carbocycles. The van der Waals surface area contributed by atoms with E-state index < -0.39 is 29.2 Å². The van der Waals surface area contributed by atoms with E-state index in [0.717, 1.165) is 25.9 Å². The van der Waals surface area contributed by atoms with E-state index in [-0.39, 0.29) is 11.3 Å². The highest BCUT2D eigenvalue weighted by Gasteiger charge is 2.24. The Balaban J connectivity index is 1.47. The van der Waals surface area contributed by atoms with Crippen LogP contribution in [0.1, 0.15) is 28.9 Å². The number of anilines is 2. The van der Waals surface area contributed by atoms with Crippen molar-refractivity contribution in [2.45, 2.75) is 19.8 Å². The Labute approximate surface area is 194 Å². The van der Waals surface area contributed by atoms with Crippen LogP contribution in [0.2, 0.25) is 0 Å². The topological polar surface area (TPSA) is 120 Å². The van der Waals surface area contributed by atoms with Crippen molar-refractivity contribution in [3.63, 3.8) is 0 Å². The minimum atomic E-state index is -0.830. The van der Waals surface area contributed by atoms with Gasteiger partial charge in [-0.1, -0.05) is 0 Å². The average molecular weight is 467 g/mol. The normalized spacial score (nSPS) is 13.1. The van der Waals surface area contributed by atoms with Gasteiger partial charge in [0.15, 0.2) is 6.61 Å². The number of nitrogens with zero attached hydrogens (tertiary/aromatic N) is 4. The van der Waals surface area contributed by atoms with E-state index in [1.165, 1.54) is 47.1 Å². The number of carbonyl (C=O) groups is 2. The minimum absolute atomic E-state index is 0.0381. The summed E-state index contributed by atoms with van der Waals surface area (Å²) in [6.07, 6.45) is 1.91. The summed E-state index contributed by atoms with van der Waals surface area (Å²) >= 11 is 0. The third-order valence-electron chi connectivity index (χ3n) is 5.36. The Bertz CT molecular complexity index is 1240. The van der Waals surface area contributed by atoms with Gasteiger partial charge in [-0.05, 0) is 50.1 Å². The zero-order valence-corrected chi connectivity index (χ0v) is 18.4. The molecule has 1 aliphatic rings. The fourth-order valence-corrected chi connectivity index (χ4v) is 3.79. The molecule has 11 heteroatoms. The van der Waals surface area contributed by atoms with Crippen molar-refractivity contribution in [2.24, 2.45) is 0 Å². The largest absolute Gasteiger partial charge is 0.452 e. The zero-order valence-electron chi connectivity index (χ0n) is 18.4. The van der Waals surface area contributed by atoms with Crippen molar-refractivity contribution in [1.29, 1.82) is 0 Å². The van der Waals surface area contributed by atoms with Crippen molar-refractivity contribution in [2.75, 3.05) is 29.9 Å². The van der Waals surface area contributed by atoms with Gasteiger partial charge in [0.05, 0.1) is 27.6 Å². The first-order valence-corrected chi connectivity index (χ1v) is 10.6. The molecule has 0 saturated carbocycles. The molecule has 1 aromatic heterocycles. The monoisotopic (exact) mass is 467 g/mol. The van der Waals surface area contributed by atoms with Crippen LogP contribution in [-0.4, -0.2) is 46.3 Å². The van der Waals surface area contributed by atoms with Gasteiger partial charge in [-0.2, -0.15) is 5.10 Å². The molecule has 0 radical (unpaired) electrons. The average Bonchev–Trinajstić information content (AvgIpc) is 3.47. The van der Waals surface area contributed by atoms with Gasteiger partial charge < -0.3 is 15.0 Å². The Morgan fingerprint density at radius 3 is 2.53 bits per heavy atom. The van der Waals surface area contributed by atoms with Crippen LogP contribution in [-0.2, 0) is 9.53 Å². The van der Waals surface area contributed by atoms with E-state index in [1.54, 1.807) is 13.0 Å². The highest BCUT2D eigenvalue weighted by atomic mass is 19.1. The Morgan fingerprint density at radius 1 is 1.15 bits per heavy atom. The van der Waals surface area contributed by atoms with Gasteiger partial charge in [0, 0.05) is 31.3 Å². The van der Waals surface area contributed by atoms with Crippen LogP contribution in [0, 0.1) is 22.9 Å². The third kappa shape index (κ3) is 5.03. The second kappa shape index (κ2) is 9.69. The summed E-state index contributed by atoms with van der Waals surface area (Å²) in [6, 6.07) is 11.2. The van der Waals surface area contributed by atoms with Crippen LogP contribution < -0.4 is 10.2 Å². The van der Waals surface area contributed by atoms with E-state index >= 15 is 0 Å². The third-order valence-corrected chi connectivity index (χ3v) is 5.36. The summed E-state index contributed by atoms with van der Waals surface area (Å²) in [5.41, 5.74) is 1.49. The summed E-state index contributed by atoms with van der Waals surface area (Å²) < 4.78 is 19.9. The first kappa shape index (κ1) is 22.9. The van der Waals surface area contributed by atoms with E-state index in [4.69, 9.17) is 4.74 Å². The van der Waals surface area contributed by atoms with Gasteiger partial charge in [-0.25, -0.2) is 13.9 Å². The molecule has 2 aromatic carbocycles. The molecule has 10 nitrogen and oxygen atoms in total. The lowest BCUT2D eigenvalue weighted by Gasteiger charge is -2.20. The molecule has 1 fully saturated rings. The molecule has 3 aromatic rings. The SMILES string of the molecule is Cc1cc(NC(=O)COC(=O)c2cc([N+](=O)[O-])ccc2N2CCCC2)n(-c2ccc(F)cc2)n1.